The van der Waals surface area contributed by atoms with Crippen molar-refractivity contribution in [3.63, 3.8) is 0 Å². The first-order valence-corrected chi connectivity index (χ1v) is 6.88. The highest BCUT2D eigenvalue weighted by Gasteiger charge is 2.09. The summed E-state index contributed by atoms with van der Waals surface area (Å²) in [6.45, 7) is 2.14. The van der Waals surface area contributed by atoms with Crippen LogP contribution in [0.25, 0.3) is 0 Å². The summed E-state index contributed by atoms with van der Waals surface area (Å²) >= 11 is 5.75. The average Bonchev–Trinajstić information content (AvgIpc) is 2.42. The molecular formula is C16H16ClFO. The van der Waals surface area contributed by atoms with Gasteiger partial charge in [-0.1, -0.05) is 31.5 Å². The van der Waals surface area contributed by atoms with E-state index in [4.69, 9.17) is 16.3 Å². The molecule has 0 atom stereocenters. The Morgan fingerprint density at radius 2 is 1.84 bits per heavy atom. The zero-order valence-corrected chi connectivity index (χ0v) is 11.6. The Balaban J connectivity index is 2.19. The van der Waals surface area contributed by atoms with E-state index in [9.17, 15) is 4.39 Å². The highest BCUT2D eigenvalue weighted by atomic mass is 35.5. The minimum atomic E-state index is -0.338. The maximum absolute atomic E-state index is 13.6. The van der Waals surface area contributed by atoms with E-state index in [-0.39, 0.29) is 11.7 Å². The molecule has 0 bridgehead atoms. The van der Waals surface area contributed by atoms with E-state index in [0.717, 1.165) is 12.8 Å². The van der Waals surface area contributed by atoms with E-state index in [0.29, 0.717) is 17.1 Å². The molecule has 0 unspecified atom stereocenters. The van der Waals surface area contributed by atoms with Gasteiger partial charge in [-0.2, -0.15) is 0 Å². The lowest BCUT2D eigenvalue weighted by atomic mass is 10.1. The Bertz CT molecular complexity index is 537. The van der Waals surface area contributed by atoms with Gasteiger partial charge in [0.25, 0.3) is 0 Å². The van der Waals surface area contributed by atoms with Crippen LogP contribution in [0.15, 0.2) is 42.5 Å². The largest absolute Gasteiger partial charge is 0.457 e. The molecule has 0 saturated carbocycles. The Labute approximate surface area is 118 Å². The molecule has 0 spiro atoms. The molecule has 19 heavy (non-hydrogen) atoms. The van der Waals surface area contributed by atoms with Gasteiger partial charge in [0.05, 0.1) is 5.88 Å². The Kier molecular flexibility index (Phi) is 4.80. The first-order chi connectivity index (χ1) is 9.24. The number of ether oxygens (including phenoxy) is 1. The lowest BCUT2D eigenvalue weighted by Crippen LogP contribution is -1.93. The Hall–Kier alpha value is -1.54. The summed E-state index contributed by atoms with van der Waals surface area (Å²) in [6.07, 6.45) is 2.16. The zero-order chi connectivity index (χ0) is 13.7. The highest BCUT2D eigenvalue weighted by molar-refractivity contribution is 6.17. The van der Waals surface area contributed by atoms with Crippen LogP contribution in [0.2, 0.25) is 0 Å². The third kappa shape index (κ3) is 3.48. The first-order valence-electron chi connectivity index (χ1n) is 6.34. The molecule has 0 aromatic heterocycles. The van der Waals surface area contributed by atoms with Crippen LogP contribution >= 0.6 is 11.6 Å². The van der Waals surface area contributed by atoms with Gasteiger partial charge in [-0.25, -0.2) is 4.39 Å². The van der Waals surface area contributed by atoms with Crippen molar-refractivity contribution < 1.29 is 9.13 Å². The summed E-state index contributed by atoms with van der Waals surface area (Å²) in [4.78, 5) is 0. The van der Waals surface area contributed by atoms with Crippen LogP contribution in [0.1, 0.15) is 24.5 Å². The topological polar surface area (TPSA) is 9.23 Å². The van der Waals surface area contributed by atoms with Crippen LogP contribution in [0.5, 0.6) is 11.5 Å². The van der Waals surface area contributed by atoms with Gasteiger partial charge < -0.3 is 4.74 Å². The van der Waals surface area contributed by atoms with Crippen molar-refractivity contribution in [3.05, 3.63) is 59.4 Å². The smallest absolute Gasteiger partial charge is 0.134 e. The van der Waals surface area contributed by atoms with Crippen molar-refractivity contribution in [3.8, 4) is 11.5 Å². The molecule has 0 aliphatic carbocycles. The Morgan fingerprint density at radius 3 is 2.47 bits per heavy atom. The number of hydrogen-bond donors (Lipinski definition) is 0. The van der Waals surface area contributed by atoms with Gasteiger partial charge in [0, 0.05) is 5.56 Å². The van der Waals surface area contributed by atoms with Crippen LogP contribution in [-0.2, 0) is 12.3 Å². The van der Waals surface area contributed by atoms with Crippen molar-refractivity contribution >= 4 is 11.6 Å². The molecule has 0 heterocycles. The molecule has 2 aromatic carbocycles. The van der Waals surface area contributed by atoms with E-state index in [1.54, 1.807) is 12.1 Å². The number of rotatable bonds is 5. The summed E-state index contributed by atoms with van der Waals surface area (Å²) in [5, 5.41) is 0. The minimum Gasteiger partial charge on any atom is -0.457 e. The van der Waals surface area contributed by atoms with Gasteiger partial charge >= 0.3 is 0 Å². The summed E-state index contributed by atoms with van der Waals surface area (Å²) in [5.74, 6) is 0.917. The van der Waals surface area contributed by atoms with E-state index in [1.807, 2.05) is 24.3 Å². The molecule has 0 aliphatic rings. The van der Waals surface area contributed by atoms with Crippen LogP contribution in [0.3, 0.4) is 0 Å². The summed E-state index contributed by atoms with van der Waals surface area (Å²) in [6, 6.07) is 12.6. The van der Waals surface area contributed by atoms with Gasteiger partial charge in [-0.3, -0.25) is 0 Å². The van der Waals surface area contributed by atoms with E-state index in [1.165, 1.54) is 11.6 Å². The zero-order valence-electron chi connectivity index (χ0n) is 10.8. The van der Waals surface area contributed by atoms with Gasteiger partial charge in [-0.05, 0) is 36.2 Å². The molecule has 0 radical (unpaired) electrons. The molecule has 3 heteroatoms. The number of alkyl halides is 1. The van der Waals surface area contributed by atoms with Gasteiger partial charge in [0.1, 0.15) is 17.3 Å². The van der Waals surface area contributed by atoms with E-state index < -0.39 is 0 Å². The molecule has 0 N–H and O–H groups in total. The second kappa shape index (κ2) is 6.58. The van der Waals surface area contributed by atoms with Crippen LogP contribution in [-0.4, -0.2) is 0 Å². The van der Waals surface area contributed by atoms with Crippen molar-refractivity contribution in [1.29, 1.82) is 0 Å². The summed E-state index contributed by atoms with van der Waals surface area (Å²) in [7, 11) is 0. The lowest BCUT2D eigenvalue weighted by Gasteiger charge is -2.10. The quantitative estimate of drug-likeness (QED) is 0.674. The fraction of sp³-hybridized carbons (Fsp3) is 0.250. The molecule has 0 amide bonds. The second-order valence-electron chi connectivity index (χ2n) is 4.35. The lowest BCUT2D eigenvalue weighted by molar-refractivity contribution is 0.470. The fourth-order valence-corrected chi connectivity index (χ4v) is 2.16. The minimum absolute atomic E-state index is 0.0932. The van der Waals surface area contributed by atoms with Crippen LogP contribution < -0.4 is 4.74 Å². The fourth-order valence-electron chi connectivity index (χ4n) is 1.90. The van der Waals surface area contributed by atoms with Crippen molar-refractivity contribution in [2.75, 3.05) is 0 Å². The van der Waals surface area contributed by atoms with Gasteiger partial charge in [0.2, 0.25) is 0 Å². The number of hydrogen-bond acceptors (Lipinski definition) is 1. The molecule has 0 saturated heterocycles. The third-order valence-electron chi connectivity index (χ3n) is 2.90. The molecule has 100 valence electrons. The number of aryl methyl sites for hydroxylation is 1. The van der Waals surface area contributed by atoms with E-state index >= 15 is 0 Å². The Morgan fingerprint density at radius 1 is 1.11 bits per heavy atom. The molecule has 0 aliphatic heterocycles. The van der Waals surface area contributed by atoms with Crippen molar-refractivity contribution in [1.82, 2.24) is 0 Å². The maximum atomic E-state index is 13.6. The van der Waals surface area contributed by atoms with Gasteiger partial charge in [-0.15, -0.1) is 11.6 Å². The third-order valence-corrected chi connectivity index (χ3v) is 3.17. The van der Waals surface area contributed by atoms with Crippen LogP contribution in [0, 0.1) is 5.82 Å². The summed E-state index contributed by atoms with van der Waals surface area (Å²) in [5.41, 5.74) is 1.66. The molecular weight excluding hydrogens is 263 g/mol. The normalized spacial score (nSPS) is 10.5. The first kappa shape index (κ1) is 13.9. The summed E-state index contributed by atoms with van der Waals surface area (Å²) < 4.78 is 19.2. The van der Waals surface area contributed by atoms with Crippen LogP contribution in [0.4, 0.5) is 4.39 Å². The molecule has 0 fully saturated rings. The maximum Gasteiger partial charge on any atom is 0.134 e. The van der Waals surface area contributed by atoms with Crippen molar-refractivity contribution in [2.24, 2.45) is 0 Å². The average molecular weight is 279 g/mol. The van der Waals surface area contributed by atoms with Crippen molar-refractivity contribution in [2.45, 2.75) is 25.6 Å². The SMILES string of the molecule is CCCc1ccc(Oc2cccc(F)c2CCl)cc1. The predicted molar refractivity (Wildman–Crippen MR) is 76.5 cm³/mol. The highest BCUT2D eigenvalue weighted by Crippen LogP contribution is 2.28. The molecule has 2 aromatic rings. The predicted octanol–water partition coefficient (Wildman–Crippen LogP) is 5.31. The molecule has 2 rings (SSSR count). The standard InChI is InChI=1S/C16H16ClFO/c1-2-4-12-7-9-13(10-8-12)19-16-6-3-5-15(18)14(16)11-17/h3,5-10H,2,4,11H2,1H3. The van der Waals surface area contributed by atoms with Gasteiger partial charge in [0.15, 0.2) is 0 Å². The monoisotopic (exact) mass is 278 g/mol. The van der Waals surface area contributed by atoms with E-state index in [2.05, 4.69) is 6.92 Å². The molecule has 1 nitrogen and oxygen atoms in total. The number of halogens is 2. The second-order valence-corrected chi connectivity index (χ2v) is 4.61. The number of benzene rings is 2.